The monoisotopic (exact) mass is 285 g/mol. The Bertz CT molecular complexity index is 398. The minimum atomic E-state index is -0.417. The summed E-state index contributed by atoms with van der Waals surface area (Å²) in [5.41, 5.74) is 1.17. The summed E-state index contributed by atoms with van der Waals surface area (Å²) in [5.74, 6) is 0.336. The van der Waals surface area contributed by atoms with Crippen LogP contribution in [-0.2, 0) is 15.3 Å². The first kappa shape index (κ1) is 14.9. The fourth-order valence-corrected chi connectivity index (χ4v) is 3.06. The maximum atomic E-state index is 11.6. The molecule has 0 spiro atoms. The maximum Gasteiger partial charge on any atom is 0.325 e. The van der Waals surface area contributed by atoms with Crippen LogP contribution in [0.4, 0.5) is 4.79 Å². The number of methoxy groups -OCH3 is 1. The fourth-order valence-electron chi connectivity index (χ4n) is 1.11. The predicted octanol–water partition coefficient (Wildman–Crippen LogP) is 2.79. The van der Waals surface area contributed by atoms with E-state index in [1.54, 1.807) is 7.05 Å². The number of carbonyl (C=O) groups excluding carboxylic acids is 2. The summed E-state index contributed by atoms with van der Waals surface area (Å²) < 4.78 is 4.50. The molecule has 18 heavy (non-hydrogen) atoms. The third-order valence-electron chi connectivity index (χ3n) is 2.10. The fraction of sp³-hybridized carbons (Fsp3) is 0.333. The zero-order valence-electron chi connectivity index (χ0n) is 10.3. The Morgan fingerprint density at radius 3 is 2.56 bits per heavy atom. The average Bonchev–Trinajstić information content (AvgIpc) is 2.39. The van der Waals surface area contributed by atoms with Crippen LogP contribution >= 0.6 is 21.6 Å². The number of amides is 1. The number of hydrogen-bond donors (Lipinski definition) is 0. The van der Waals surface area contributed by atoms with E-state index in [0.717, 1.165) is 16.5 Å². The lowest BCUT2D eigenvalue weighted by atomic mass is 10.2. The quantitative estimate of drug-likeness (QED) is 0.615. The Balaban J connectivity index is 2.26. The molecule has 6 heteroatoms. The summed E-state index contributed by atoms with van der Waals surface area (Å²) in [6.07, 6.45) is 0. The van der Waals surface area contributed by atoms with Crippen molar-refractivity contribution in [1.82, 2.24) is 4.90 Å². The summed E-state index contributed by atoms with van der Waals surface area (Å²) in [6, 6.07) is 9.90. The number of likely N-dealkylation sites (N-methyl/N-ethyl adjacent to an activating group) is 1. The summed E-state index contributed by atoms with van der Waals surface area (Å²) in [6.45, 7) is -0.0196. The zero-order valence-corrected chi connectivity index (χ0v) is 11.9. The maximum absolute atomic E-state index is 11.6. The van der Waals surface area contributed by atoms with Gasteiger partial charge in [-0.1, -0.05) is 41.1 Å². The van der Waals surface area contributed by atoms with Crippen LogP contribution < -0.4 is 0 Å². The number of benzene rings is 1. The molecule has 0 heterocycles. The van der Waals surface area contributed by atoms with Crippen molar-refractivity contribution < 1.29 is 14.3 Å². The van der Waals surface area contributed by atoms with Crippen molar-refractivity contribution in [1.29, 1.82) is 0 Å². The van der Waals surface area contributed by atoms with E-state index in [2.05, 4.69) is 4.74 Å². The van der Waals surface area contributed by atoms with Gasteiger partial charge in [0.05, 0.1) is 7.11 Å². The molecule has 1 aromatic carbocycles. The predicted molar refractivity (Wildman–Crippen MR) is 75.4 cm³/mol. The first-order chi connectivity index (χ1) is 8.63. The normalized spacial score (nSPS) is 9.89. The zero-order chi connectivity index (χ0) is 13.4. The molecule has 1 rings (SSSR count). The first-order valence-corrected chi connectivity index (χ1v) is 7.60. The van der Waals surface area contributed by atoms with Gasteiger partial charge in [-0.05, 0) is 5.56 Å². The summed E-state index contributed by atoms with van der Waals surface area (Å²) in [5, 5.41) is -0.152. The van der Waals surface area contributed by atoms with E-state index in [-0.39, 0.29) is 11.8 Å². The minimum absolute atomic E-state index is 0.0196. The molecular formula is C12H15NO3S2. The highest BCUT2D eigenvalue weighted by Gasteiger charge is 2.13. The van der Waals surface area contributed by atoms with E-state index in [9.17, 15) is 9.59 Å². The lowest BCUT2D eigenvalue weighted by Crippen LogP contribution is -2.29. The topological polar surface area (TPSA) is 46.6 Å². The molecule has 1 amide bonds. The third kappa shape index (κ3) is 5.46. The van der Waals surface area contributed by atoms with Gasteiger partial charge in [0.25, 0.3) is 5.24 Å². The van der Waals surface area contributed by atoms with Gasteiger partial charge >= 0.3 is 5.97 Å². The molecule has 0 N–H and O–H groups in total. The molecule has 0 saturated heterocycles. The Morgan fingerprint density at radius 2 is 1.94 bits per heavy atom. The van der Waals surface area contributed by atoms with Gasteiger partial charge in [0.15, 0.2) is 0 Å². The molecule has 0 bridgehead atoms. The smallest absolute Gasteiger partial charge is 0.325 e. The molecule has 0 saturated carbocycles. The lowest BCUT2D eigenvalue weighted by molar-refractivity contribution is -0.140. The number of ether oxygens (including phenoxy) is 1. The summed E-state index contributed by atoms with van der Waals surface area (Å²) in [7, 11) is 5.46. The van der Waals surface area contributed by atoms with Crippen molar-refractivity contribution in [2.45, 2.75) is 5.75 Å². The standard InChI is InChI=1S/C12H15NO3S2/c1-13(8-11(14)16-2)12(15)18-17-9-10-6-4-3-5-7-10/h3-7H,8-9H2,1-2H3. The van der Waals surface area contributed by atoms with Crippen LogP contribution in [0.2, 0.25) is 0 Å². The Labute approximate surface area is 114 Å². The number of hydrogen-bond acceptors (Lipinski definition) is 5. The van der Waals surface area contributed by atoms with Gasteiger partial charge in [-0.3, -0.25) is 9.59 Å². The number of esters is 1. The Kier molecular flexibility index (Phi) is 6.67. The van der Waals surface area contributed by atoms with Crippen LogP contribution in [0.3, 0.4) is 0 Å². The molecule has 0 atom stereocenters. The highest BCUT2D eigenvalue weighted by atomic mass is 33.1. The van der Waals surface area contributed by atoms with Crippen LogP contribution in [0.15, 0.2) is 30.3 Å². The van der Waals surface area contributed by atoms with E-state index in [0.29, 0.717) is 0 Å². The van der Waals surface area contributed by atoms with Crippen LogP contribution in [0, 0.1) is 0 Å². The molecule has 98 valence electrons. The second-order valence-corrected chi connectivity index (χ2v) is 5.78. The molecule has 4 nitrogen and oxygen atoms in total. The van der Waals surface area contributed by atoms with Gasteiger partial charge in [0.2, 0.25) is 0 Å². The first-order valence-electron chi connectivity index (χ1n) is 5.28. The second kappa shape index (κ2) is 8.05. The molecule has 0 fully saturated rings. The van der Waals surface area contributed by atoms with Crippen molar-refractivity contribution in [3.05, 3.63) is 35.9 Å². The Hall–Kier alpha value is -1.14. The average molecular weight is 285 g/mol. The molecular weight excluding hydrogens is 270 g/mol. The molecule has 0 aliphatic heterocycles. The van der Waals surface area contributed by atoms with E-state index in [4.69, 9.17) is 0 Å². The van der Waals surface area contributed by atoms with E-state index >= 15 is 0 Å². The summed E-state index contributed by atoms with van der Waals surface area (Å²) in [4.78, 5) is 24.0. The number of nitrogens with zero attached hydrogens (tertiary/aromatic N) is 1. The van der Waals surface area contributed by atoms with Crippen LogP contribution in [0.25, 0.3) is 0 Å². The van der Waals surface area contributed by atoms with Crippen LogP contribution in [0.5, 0.6) is 0 Å². The molecule has 1 aromatic rings. The van der Waals surface area contributed by atoms with Crippen molar-refractivity contribution in [2.24, 2.45) is 0 Å². The molecule has 0 aromatic heterocycles. The van der Waals surface area contributed by atoms with Gasteiger partial charge in [-0.2, -0.15) is 0 Å². The molecule has 0 aliphatic rings. The minimum Gasteiger partial charge on any atom is -0.468 e. The van der Waals surface area contributed by atoms with Gasteiger partial charge in [0, 0.05) is 23.6 Å². The van der Waals surface area contributed by atoms with Crippen molar-refractivity contribution >= 4 is 32.8 Å². The molecule has 0 aliphatic carbocycles. The number of rotatable bonds is 5. The number of carbonyl (C=O) groups is 2. The van der Waals surface area contributed by atoms with Crippen LogP contribution in [-0.4, -0.2) is 36.8 Å². The van der Waals surface area contributed by atoms with E-state index in [1.165, 1.54) is 28.4 Å². The van der Waals surface area contributed by atoms with Crippen molar-refractivity contribution in [2.75, 3.05) is 20.7 Å². The van der Waals surface area contributed by atoms with Crippen molar-refractivity contribution in [3.8, 4) is 0 Å². The second-order valence-electron chi connectivity index (χ2n) is 3.53. The van der Waals surface area contributed by atoms with Crippen molar-refractivity contribution in [3.63, 3.8) is 0 Å². The largest absolute Gasteiger partial charge is 0.468 e. The Morgan fingerprint density at radius 1 is 1.28 bits per heavy atom. The SMILES string of the molecule is COC(=O)CN(C)C(=O)SSCc1ccccc1. The molecule has 0 unspecified atom stereocenters. The van der Waals surface area contributed by atoms with Gasteiger partial charge in [0.1, 0.15) is 6.54 Å². The third-order valence-corrected chi connectivity index (χ3v) is 4.26. The highest BCUT2D eigenvalue weighted by Crippen LogP contribution is 2.27. The van der Waals surface area contributed by atoms with E-state index in [1.807, 2.05) is 30.3 Å². The highest BCUT2D eigenvalue weighted by molar-refractivity contribution is 8.81. The lowest BCUT2D eigenvalue weighted by Gasteiger charge is -2.14. The van der Waals surface area contributed by atoms with Gasteiger partial charge < -0.3 is 9.64 Å². The van der Waals surface area contributed by atoms with E-state index < -0.39 is 5.97 Å². The summed E-state index contributed by atoms with van der Waals surface area (Å²) >= 11 is 0. The van der Waals surface area contributed by atoms with Crippen LogP contribution in [0.1, 0.15) is 5.56 Å². The molecule has 0 radical (unpaired) electrons. The van der Waals surface area contributed by atoms with Gasteiger partial charge in [-0.25, -0.2) is 0 Å². The van der Waals surface area contributed by atoms with Gasteiger partial charge in [-0.15, -0.1) is 0 Å².